The van der Waals surface area contributed by atoms with E-state index in [1.165, 1.54) is 12.1 Å². The summed E-state index contributed by atoms with van der Waals surface area (Å²) in [5.41, 5.74) is 1.52. The van der Waals surface area contributed by atoms with Crippen LogP contribution in [0.4, 0.5) is 16.4 Å². The minimum Gasteiger partial charge on any atom is -0.444 e. The number of benzene rings is 2. The number of carbonyl (C=O) groups excluding carboxylic acids is 1. The molecule has 1 amide bonds. The lowest BCUT2D eigenvalue weighted by Gasteiger charge is -2.34. The Hall–Kier alpha value is -4.42. The predicted octanol–water partition coefficient (Wildman–Crippen LogP) is 6.90. The summed E-state index contributed by atoms with van der Waals surface area (Å²) in [6.07, 6.45) is 4.59. The number of aromatic nitrogens is 3. The molecule has 1 aliphatic rings. The van der Waals surface area contributed by atoms with Crippen LogP contribution in [0.25, 0.3) is 11.3 Å². The molecular formula is C32H35ClN6O5S. The highest BCUT2D eigenvalue weighted by Crippen LogP contribution is 2.35. The van der Waals surface area contributed by atoms with E-state index in [2.05, 4.69) is 20.0 Å². The molecule has 0 spiro atoms. The number of carbonyl (C=O) groups is 1. The van der Waals surface area contributed by atoms with Gasteiger partial charge in [0.05, 0.1) is 22.0 Å². The summed E-state index contributed by atoms with van der Waals surface area (Å²) in [6, 6.07) is 16.6. The number of amides is 1. The van der Waals surface area contributed by atoms with Crippen molar-refractivity contribution in [1.29, 1.82) is 0 Å². The van der Waals surface area contributed by atoms with E-state index < -0.39 is 15.6 Å². The molecule has 0 unspecified atom stereocenters. The van der Waals surface area contributed by atoms with E-state index in [1.54, 1.807) is 66.7 Å². The smallest absolute Gasteiger partial charge is 0.410 e. The SMILES string of the molecule is Cc1c(NS(=O)(=O)c2ccccc2Cl)cccc1Oc1ncccc1-c1ccnc(N[C@H]2CCCN(C(=O)OC(C)(C)C)C2)n1. The number of hydrogen-bond donors (Lipinski definition) is 2. The fourth-order valence-electron chi connectivity index (χ4n) is 4.82. The number of anilines is 2. The van der Waals surface area contributed by atoms with Crippen molar-refractivity contribution in [2.45, 2.75) is 57.1 Å². The van der Waals surface area contributed by atoms with E-state index in [4.69, 9.17) is 26.1 Å². The van der Waals surface area contributed by atoms with Gasteiger partial charge in [0, 0.05) is 37.1 Å². The Morgan fingerprint density at radius 3 is 2.60 bits per heavy atom. The van der Waals surface area contributed by atoms with Crippen LogP contribution in [-0.4, -0.2) is 59.1 Å². The topological polar surface area (TPSA) is 136 Å². The molecule has 11 nitrogen and oxygen atoms in total. The third-order valence-corrected chi connectivity index (χ3v) is 8.84. The first-order valence-corrected chi connectivity index (χ1v) is 16.3. The number of pyridine rings is 1. The lowest BCUT2D eigenvalue weighted by molar-refractivity contribution is 0.0206. The number of halogens is 1. The second-order valence-corrected chi connectivity index (χ2v) is 13.7. The molecule has 3 heterocycles. The summed E-state index contributed by atoms with van der Waals surface area (Å²) in [6.45, 7) is 8.40. The molecule has 2 aromatic heterocycles. The Morgan fingerprint density at radius 2 is 1.82 bits per heavy atom. The van der Waals surface area contributed by atoms with Gasteiger partial charge in [-0.1, -0.05) is 29.8 Å². The number of hydrogen-bond acceptors (Lipinski definition) is 9. The Kier molecular flexibility index (Phi) is 9.45. The van der Waals surface area contributed by atoms with E-state index in [0.717, 1.165) is 12.8 Å². The molecule has 13 heteroatoms. The Bertz CT molecular complexity index is 1800. The Labute approximate surface area is 268 Å². The van der Waals surface area contributed by atoms with Gasteiger partial charge in [0.15, 0.2) is 0 Å². The van der Waals surface area contributed by atoms with Crippen LogP contribution >= 0.6 is 11.6 Å². The molecule has 45 heavy (non-hydrogen) atoms. The van der Waals surface area contributed by atoms with E-state index >= 15 is 0 Å². The van der Waals surface area contributed by atoms with Gasteiger partial charge in [-0.2, -0.15) is 0 Å². The van der Waals surface area contributed by atoms with Crippen LogP contribution in [0.5, 0.6) is 11.6 Å². The summed E-state index contributed by atoms with van der Waals surface area (Å²) in [5, 5.41) is 3.48. The van der Waals surface area contributed by atoms with Crippen LogP contribution in [0.2, 0.25) is 5.02 Å². The van der Waals surface area contributed by atoms with E-state index in [9.17, 15) is 13.2 Å². The number of likely N-dealkylation sites (tertiary alicyclic amines) is 1. The number of rotatable bonds is 8. The largest absolute Gasteiger partial charge is 0.444 e. The van der Waals surface area contributed by atoms with Gasteiger partial charge in [0.2, 0.25) is 11.8 Å². The van der Waals surface area contributed by atoms with Crippen LogP contribution in [0.1, 0.15) is 39.2 Å². The fourth-order valence-corrected chi connectivity index (χ4v) is 6.46. The quantitative estimate of drug-likeness (QED) is 0.209. The predicted molar refractivity (Wildman–Crippen MR) is 173 cm³/mol. The second kappa shape index (κ2) is 13.3. The maximum atomic E-state index is 13.1. The zero-order chi connectivity index (χ0) is 32.2. The van der Waals surface area contributed by atoms with Gasteiger partial charge in [0.25, 0.3) is 10.0 Å². The van der Waals surface area contributed by atoms with Crippen molar-refractivity contribution in [2.75, 3.05) is 23.1 Å². The normalized spacial score (nSPS) is 15.3. The third kappa shape index (κ3) is 8.00. The molecule has 4 aromatic rings. The lowest BCUT2D eigenvalue weighted by atomic mass is 10.1. The Balaban J connectivity index is 1.33. The average molecular weight is 651 g/mol. The van der Waals surface area contributed by atoms with Gasteiger partial charge in [-0.3, -0.25) is 4.72 Å². The van der Waals surface area contributed by atoms with Crippen molar-refractivity contribution in [1.82, 2.24) is 19.9 Å². The van der Waals surface area contributed by atoms with Gasteiger partial charge in [-0.15, -0.1) is 0 Å². The zero-order valence-corrected chi connectivity index (χ0v) is 27.0. The van der Waals surface area contributed by atoms with Gasteiger partial charge in [0.1, 0.15) is 16.2 Å². The summed E-state index contributed by atoms with van der Waals surface area (Å²) in [7, 11) is -3.95. The molecule has 236 valence electrons. The molecule has 2 N–H and O–H groups in total. The highest BCUT2D eigenvalue weighted by atomic mass is 35.5. The first kappa shape index (κ1) is 32.0. The molecule has 2 aromatic carbocycles. The van der Waals surface area contributed by atoms with Crippen LogP contribution in [0, 0.1) is 6.92 Å². The number of nitrogens with zero attached hydrogens (tertiary/aromatic N) is 4. The van der Waals surface area contributed by atoms with Crippen molar-refractivity contribution in [3.05, 3.63) is 83.6 Å². The van der Waals surface area contributed by atoms with E-state index in [1.807, 2.05) is 26.8 Å². The van der Waals surface area contributed by atoms with Crippen LogP contribution in [0.3, 0.4) is 0 Å². The molecule has 0 aliphatic carbocycles. The van der Waals surface area contributed by atoms with Crippen molar-refractivity contribution >= 4 is 39.4 Å². The van der Waals surface area contributed by atoms with Gasteiger partial charge >= 0.3 is 6.09 Å². The van der Waals surface area contributed by atoms with Crippen LogP contribution in [-0.2, 0) is 14.8 Å². The minimum absolute atomic E-state index is 0.0247. The van der Waals surface area contributed by atoms with Crippen molar-refractivity contribution in [3.8, 4) is 22.9 Å². The van der Waals surface area contributed by atoms with E-state index in [-0.39, 0.29) is 27.9 Å². The molecule has 1 atom stereocenters. The first-order valence-electron chi connectivity index (χ1n) is 14.5. The molecule has 1 aliphatic heterocycles. The Morgan fingerprint density at radius 1 is 1.02 bits per heavy atom. The molecule has 1 fully saturated rings. The van der Waals surface area contributed by atoms with E-state index in [0.29, 0.717) is 47.3 Å². The maximum Gasteiger partial charge on any atom is 0.410 e. The minimum atomic E-state index is -3.95. The number of piperidine rings is 1. The molecule has 0 radical (unpaired) electrons. The van der Waals surface area contributed by atoms with Gasteiger partial charge in [-0.05, 0) is 83.0 Å². The van der Waals surface area contributed by atoms with Crippen molar-refractivity contribution in [2.24, 2.45) is 0 Å². The van der Waals surface area contributed by atoms with Gasteiger partial charge in [-0.25, -0.2) is 28.2 Å². The average Bonchev–Trinajstić information content (AvgIpc) is 2.99. The van der Waals surface area contributed by atoms with Crippen molar-refractivity contribution in [3.63, 3.8) is 0 Å². The summed E-state index contributed by atoms with van der Waals surface area (Å²) in [4.78, 5) is 27.9. The highest BCUT2D eigenvalue weighted by molar-refractivity contribution is 7.92. The molecule has 1 saturated heterocycles. The third-order valence-electron chi connectivity index (χ3n) is 6.97. The first-order chi connectivity index (χ1) is 21.4. The lowest BCUT2D eigenvalue weighted by Crippen LogP contribution is -2.47. The van der Waals surface area contributed by atoms with Crippen molar-refractivity contribution < 1.29 is 22.7 Å². The number of nitrogens with one attached hydrogen (secondary N) is 2. The molecule has 0 saturated carbocycles. The summed E-state index contributed by atoms with van der Waals surface area (Å²) >= 11 is 6.15. The summed E-state index contributed by atoms with van der Waals surface area (Å²) in [5.74, 6) is 1.10. The zero-order valence-electron chi connectivity index (χ0n) is 25.5. The fraction of sp³-hybridized carbons (Fsp3) is 0.312. The highest BCUT2D eigenvalue weighted by Gasteiger charge is 2.28. The molecular weight excluding hydrogens is 616 g/mol. The number of sulfonamides is 1. The maximum absolute atomic E-state index is 13.1. The second-order valence-electron chi connectivity index (χ2n) is 11.6. The van der Waals surface area contributed by atoms with Crippen LogP contribution in [0.15, 0.2) is 78.0 Å². The molecule has 0 bridgehead atoms. The van der Waals surface area contributed by atoms with Gasteiger partial charge < -0.3 is 19.7 Å². The number of ether oxygens (including phenoxy) is 2. The van der Waals surface area contributed by atoms with Crippen LogP contribution < -0.4 is 14.8 Å². The molecule has 5 rings (SSSR count). The standard InChI is InChI=1S/C32H35ClN6O5S/c1-21-25(38-45(41,42)28-15-6-5-12-24(28)33)13-7-14-27(21)43-29-23(11-8-17-34-29)26-16-18-35-30(37-26)36-22-10-9-19-39(20-22)31(40)44-32(2,3)4/h5-8,11-18,22,38H,9-10,19-20H2,1-4H3,(H,35,36,37)/t22-/m0/s1. The monoisotopic (exact) mass is 650 g/mol. The summed E-state index contributed by atoms with van der Waals surface area (Å²) < 4.78 is 40.5.